The molecule has 1 aromatic heterocycles. The van der Waals surface area contributed by atoms with Gasteiger partial charge in [0.2, 0.25) is 5.89 Å². The van der Waals surface area contributed by atoms with E-state index in [4.69, 9.17) is 15.1 Å². The number of anilines is 1. The van der Waals surface area contributed by atoms with E-state index in [1.165, 1.54) is 0 Å². The summed E-state index contributed by atoms with van der Waals surface area (Å²) < 4.78 is 6.42. The van der Waals surface area contributed by atoms with Crippen molar-refractivity contribution in [3.05, 3.63) is 109 Å². The summed E-state index contributed by atoms with van der Waals surface area (Å²) in [7, 11) is 0. The quantitative estimate of drug-likeness (QED) is 0.323. The second-order valence-electron chi connectivity index (χ2n) is 7.55. The van der Waals surface area contributed by atoms with E-state index < -0.39 is 0 Å². The Bertz CT molecular complexity index is 1280. The molecule has 150 valence electrons. The predicted molar refractivity (Wildman–Crippen MR) is 127 cm³/mol. The third-order valence-electron chi connectivity index (χ3n) is 5.46. The minimum absolute atomic E-state index is 0.590. The standard InChI is InChI=1S/C28H22N2O/c1-19-16-17-22(18-25(19)29)23-14-8-9-15-24(23)28-30-26(20-10-4-2-5-11-20)27(31-28)21-12-6-3-7-13-21/h2-18H,29H2,1H3. The van der Waals surface area contributed by atoms with Crippen LogP contribution in [-0.4, -0.2) is 4.98 Å². The van der Waals surface area contributed by atoms with Crippen LogP contribution in [0.3, 0.4) is 0 Å². The topological polar surface area (TPSA) is 52.0 Å². The largest absolute Gasteiger partial charge is 0.435 e. The number of oxazole rings is 1. The van der Waals surface area contributed by atoms with Crippen molar-refractivity contribution < 1.29 is 4.42 Å². The lowest BCUT2D eigenvalue weighted by Crippen LogP contribution is -1.91. The van der Waals surface area contributed by atoms with Crippen molar-refractivity contribution in [1.82, 2.24) is 4.98 Å². The lowest BCUT2D eigenvalue weighted by molar-refractivity contribution is 0.589. The number of aryl methyl sites for hydroxylation is 1. The van der Waals surface area contributed by atoms with Crippen LogP contribution in [0.2, 0.25) is 0 Å². The van der Waals surface area contributed by atoms with Crippen LogP contribution in [0.5, 0.6) is 0 Å². The predicted octanol–water partition coefficient (Wildman–Crippen LogP) is 7.23. The van der Waals surface area contributed by atoms with Crippen LogP contribution in [-0.2, 0) is 0 Å². The van der Waals surface area contributed by atoms with E-state index in [1.807, 2.05) is 85.8 Å². The molecule has 31 heavy (non-hydrogen) atoms. The molecule has 0 amide bonds. The number of nitrogens with zero attached hydrogens (tertiary/aromatic N) is 1. The van der Waals surface area contributed by atoms with Crippen molar-refractivity contribution in [3.63, 3.8) is 0 Å². The van der Waals surface area contributed by atoms with E-state index in [0.717, 1.165) is 50.5 Å². The van der Waals surface area contributed by atoms with E-state index in [-0.39, 0.29) is 0 Å². The van der Waals surface area contributed by atoms with Crippen LogP contribution in [0, 0.1) is 6.92 Å². The van der Waals surface area contributed by atoms with E-state index in [0.29, 0.717) is 5.89 Å². The molecule has 5 aromatic rings. The molecule has 3 heteroatoms. The van der Waals surface area contributed by atoms with Gasteiger partial charge in [0, 0.05) is 22.4 Å². The van der Waals surface area contributed by atoms with Crippen LogP contribution in [0.1, 0.15) is 5.56 Å². The van der Waals surface area contributed by atoms with Gasteiger partial charge in [0.05, 0.1) is 0 Å². The van der Waals surface area contributed by atoms with Crippen molar-refractivity contribution in [1.29, 1.82) is 0 Å². The molecule has 0 aliphatic carbocycles. The summed E-state index contributed by atoms with van der Waals surface area (Å²) in [6, 6.07) is 34.5. The van der Waals surface area contributed by atoms with Crippen LogP contribution in [0.4, 0.5) is 5.69 Å². The van der Waals surface area contributed by atoms with Crippen molar-refractivity contribution in [2.75, 3.05) is 5.73 Å². The van der Waals surface area contributed by atoms with Gasteiger partial charge in [-0.25, -0.2) is 4.98 Å². The van der Waals surface area contributed by atoms with Crippen LogP contribution in [0.25, 0.3) is 45.2 Å². The molecular weight excluding hydrogens is 380 g/mol. The van der Waals surface area contributed by atoms with Gasteiger partial charge in [-0.1, -0.05) is 91.0 Å². The molecule has 0 bridgehead atoms. The highest BCUT2D eigenvalue weighted by Crippen LogP contribution is 2.39. The molecule has 0 unspecified atom stereocenters. The third kappa shape index (κ3) is 3.62. The van der Waals surface area contributed by atoms with Gasteiger partial charge in [-0.2, -0.15) is 0 Å². The Balaban J connectivity index is 1.71. The van der Waals surface area contributed by atoms with Crippen LogP contribution in [0.15, 0.2) is 108 Å². The average Bonchev–Trinajstić information content (AvgIpc) is 3.27. The second-order valence-corrected chi connectivity index (χ2v) is 7.55. The Morgan fingerprint density at radius 1 is 0.645 bits per heavy atom. The molecule has 4 aromatic carbocycles. The number of aromatic nitrogens is 1. The highest BCUT2D eigenvalue weighted by Gasteiger charge is 2.20. The zero-order valence-corrected chi connectivity index (χ0v) is 17.2. The van der Waals surface area contributed by atoms with Crippen molar-refractivity contribution in [2.45, 2.75) is 6.92 Å². The zero-order chi connectivity index (χ0) is 21.2. The first kappa shape index (κ1) is 18.9. The molecule has 0 radical (unpaired) electrons. The van der Waals surface area contributed by atoms with Gasteiger partial charge in [0.1, 0.15) is 5.69 Å². The summed E-state index contributed by atoms with van der Waals surface area (Å²) in [5.41, 5.74) is 13.9. The molecule has 0 saturated carbocycles. The van der Waals surface area contributed by atoms with E-state index in [1.54, 1.807) is 0 Å². The maximum Gasteiger partial charge on any atom is 0.227 e. The molecule has 0 spiro atoms. The normalized spacial score (nSPS) is 10.9. The summed E-state index contributed by atoms with van der Waals surface area (Å²) in [5, 5.41) is 0. The number of nitrogen functional groups attached to an aromatic ring is 1. The Kier molecular flexibility index (Phi) is 4.85. The van der Waals surface area contributed by atoms with Crippen molar-refractivity contribution in [3.8, 4) is 45.2 Å². The van der Waals surface area contributed by atoms with Crippen LogP contribution >= 0.6 is 0 Å². The molecule has 0 aliphatic rings. The summed E-state index contributed by atoms with van der Waals surface area (Å²) in [6.07, 6.45) is 0. The van der Waals surface area contributed by atoms with Gasteiger partial charge in [-0.3, -0.25) is 0 Å². The number of rotatable bonds is 4. The minimum Gasteiger partial charge on any atom is -0.435 e. The summed E-state index contributed by atoms with van der Waals surface area (Å²) >= 11 is 0. The molecule has 1 heterocycles. The number of hydrogen-bond donors (Lipinski definition) is 1. The summed E-state index contributed by atoms with van der Waals surface area (Å²) in [5.74, 6) is 1.35. The van der Waals surface area contributed by atoms with Gasteiger partial charge in [0.15, 0.2) is 5.76 Å². The molecule has 3 nitrogen and oxygen atoms in total. The third-order valence-corrected chi connectivity index (χ3v) is 5.46. The first-order chi connectivity index (χ1) is 15.2. The zero-order valence-electron chi connectivity index (χ0n) is 17.2. The van der Waals surface area contributed by atoms with Gasteiger partial charge in [-0.15, -0.1) is 0 Å². The van der Waals surface area contributed by atoms with Gasteiger partial charge >= 0.3 is 0 Å². The lowest BCUT2D eigenvalue weighted by Gasteiger charge is -2.09. The van der Waals surface area contributed by atoms with Gasteiger partial charge in [-0.05, 0) is 35.7 Å². The number of nitrogens with two attached hydrogens (primary N) is 1. The molecule has 0 fully saturated rings. The smallest absolute Gasteiger partial charge is 0.227 e. The molecule has 2 N–H and O–H groups in total. The monoisotopic (exact) mass is 402 g/mol. The highest BCUT2D eigenvalue weighted by atomic mass is 16.4. The Morgan fingerprint density at radius 3 is 1.94 bits per heavy atom. The molecule has 0 saturated heterocycles. The Morgan fingerprint density at radius 2 is 1.26 bits per heavy atom. The van der Waals surface area contributed by atoms with Gasteiger partial charge in [0.25, 0.3) is 0 Å². The maximum absolute atomic E-state index is 6.42. The summed E-state index contributed by atoms with van der Waals surface area (Å²) in [4.78, 5) is 4.96. The summed E-state index contributed by atoms with van der Waals surface area (Å²) in [6.45, 7) is 2.01. The first-order valence-corrected chi connectivity index (χ1v) is 10.3. The van der Waals surface area contributed by atoms with Crippen molar-refractivity contribution in [2.24, 2.45) is 0 Å². The molecular formula is C28H22N2O. The Hall–Kier alpha value is -4.11. The van der Waals surface area contributed by atoms with Gasteiger partial charge < -0.3 is 10.2 Å². The fraction of sp³-hybridized carbons (Fsp3) is 0.0357. The Labute approximate surface area is 181 Å². The van der Waals surface area contributed by atoms with E-state index >= 15 is 0 Å². The first-order valence-electron chi connectivity index (χ1n) is 10.3. The fourth-order valence-electron chi connectivity index (χ4n) is 3.74. The second kappa shape index (κ2) is 7.96. The SMILES string of the molecule is Cc1ccc(-c2ccccc2-c2nc(-c3ccccc3)c(-c3ccccc3)o2)cc1N. The highest BCUT2D eigenvalue weighted by molar-refractivity contribution is 5.85. The van der Waals surface area contributed by atoms with E-state index in [2.05, 4.69) is 24.3 Å². The number of benzene rings is 4. The van der Waals surface area contributed by atoms with Crippen LogP contribution < -0.4 is 5.73 Å². The number of hydrogen-bond acceptors (Lipinski definition) is 3. The van der Waals surface area contributed by atoms with Crippen molar-refractivity contribution >= 4 is 5.69 Å². The maximum atomic E-state index is 6.42. The fourth-order valence-corrected chi connectivity index (χ4v) is 3.74. The lowest BCUT2D eigenvalue weighted by atomic mass is 9.98. The molecule has 5 rings (SSSR count). The average molecular weight is 402 g/mol. The van der Waals surface area contributed by atoms with E-state index in [9.17, 15) is 0 Å². The molecule has 0 atom stereocenters. The molecule has 0 aliphatic heterocycles. The minimum atomic E-state index is 0.590.